The molecule has 5 atom stereocenters. The van der Waals surface area contributed by atoms with Gasteiger partial charge < -0.3 is 39.3 Å². The van der Waals surface area contributed by atoms with Gasteiger partial charge in [0.25, 0.3) is 0 Å². The topological polar surface area (TPSA) is 217 Å². The summed E-state index contributed by atoms with van der Waals surface area (Å²) < 4.78 is 50.6. The van der Waals surface area contributed by atoms with Gasteiger partial charge in [0.05, 0.1) is 44.3 Å². The summed E-state index contributed by atoms with van der Waals surface area (Å²) in [4.78, 5) is 57.1. The van der Waals surface area contributed by atoms with Crippen LogP contribution in [0.4, 0.5) is 20.2 Å². The zero-order chi connectivity index (χ0) is 44.9. The number of hydrogen-bond donors (Lipinski definition) is 3. The molecule has 2 aromatic heterocycles. The van der Waals surface area contributed by atoms with E-state index in [1.165, 1.54) is 47.3 Å². The fourth-order valence-corrected chi connectivity index (χ4v) is 8.26. The molecule has 1 unspecified atom stereocenters. The van der Waals surface area contributed by atoms with E-state index < -0.39 is 71.4 Å². The van der Waals surface area contributed by atoms with Crippen molar-refractivity contribution in [2.24, 2.45) is 5.92 Å². The molecule has 334 valence electrons. The number of nitrogens with zero attached hydrogens (tertiary/aromatic N) is 8. The van der Waals surface area contributed by atoms with Gasteiger partial charge in [-0.15, -0.1) is 0 Å². The van der Waals surface area contributed by atoms with Crippen LogP contribution < -0.4 is 20.2 Å². The van der Waals surface area contributed by atoms with Crippen molar-refractivity contribution < 1.29 is 52.7 Å². The van der Waals surface area contributed by atoms with Crippen molar-refractivity contribution in [1.29, 1.82) is 0 Å². The molecule has 3 aromatic carbocycles. The number of hydrogen-bond acceptors (Lipinski definition) is 13. The van der Waals surface area contributed by atoms with E-state index >= 15 is 4.39 Å². The molecule has 2 fully saturated rings. The van der Waals surface area contributed by atoms with Gasteiger partial charge in [0, 0.05) is 55.1 Å². The third-order valence-corrected chi connectivity index (χ3v) is 11.5. The molecule has 4 heterocycles. The van der Waals surface area contributed by atoms with Crippen LogP contribution in [-0.4, -0.2) is 113 Å². The molecule has 0 aliphatic carbocycles. The molecule has 20 heteroatoms. The third-order valence-electron chi connectivity index (χ3n) is 11.5. The van der Waals surface area contributed by atoms with Gasteiger partial charge in [-0.25, -0.2) is 37.3 Å². The highest BCUT2D eigenvalue weighted by Gasteiger charge is 2.45. The molecular formula is C43H48F2N8O10. The van der Waals surface area contributed by atoms with E-state index in [0.717, 1.165) is 43.6 Å². The molecule has 3 N–H and O–H groups in total. The summed E-state index contributed by atoms with van der Waals surface area (Å²) in [5.41, 5.74) is -1.56. The molecule has 2 aliphatic rings. The first-order chi connectivity index (χ1) is 30.2. The fourth-order valence-electron chi connectivity index (χ4n) is 8.26. The van der Waals surface area contributed by atoms with Gasteiger partial charge in [-0.05, 0) is 74.4 Å². The quantitative estimate of drug-likeness (QED) is 0.107. The first-order valence-electron chi connectivity index (χ1n) is 20.5. The van der Waals surface area contributed by atoms with Crippen LogP contribution in [0.15, 0.2) is 90.5 Å². The highest BCUT2D eigenvalue weighted by atomic mass is 19.1. The Morgan fingerprint density at radius 1 is 0.921 bits per heavy atom. The monoisotopic (exact) mass is 874 g/mol. The van der Waals surface area contributed by atoms with Crippen molar-refractivity contribution in [3.05, 3.63) is 113 Å². The lowest BCUT2D eigenvalue weighted by atomic mass is 9.87. The van der Waals surface area contributed by atoms with Gasteiger partial charge in [0.1, 0.15) is 48.1 Å². The lowest BCUT2D eigenvalue weighted by molar-refractivity contribution is -0.174. The number of rotatable bonds is 18. The molecule has 7 rings (SSSR count). The number of esters is 1. The van der Waals surface area contributed by atoms with Crippen LogP contribution in [0.2, 0.25) is 0 Å². The van der Waals surface area contributed by atoms with Crippen LogP contribution in [-0.2, 0) is 36.0 Å². The molecule has 2 aliphatic heterocycles. The molecule has 18 nitrogen and oxygen atoms in total. The number of aromatic nitrogens is 6. The minimum absolute atomic E-state index is 0.0562. The number of carbonyl (C=O) groups excluding carboxylic acids is 1. The lowest BCUT2D eigenvalue weighted by Gasteiger charge is -2.37. The van der Waals surface area contributed by atoms with Crippen LogP contribution in [0.3, 0.4) is 0 Å². The minimum Gasteiger partial charge on any atom is -0.493 e. The molecule has 0 bridgehead atoms. The molecule has 0 spiro atoms. The normalized spacial score (nSPS) is 19.6. The number of carbonyl (C=O) groups is 3. The van der Waals surface area contributed by atoms with Gasteiger partial charge in [-0.2, -0.15) is 10.2 Å². The molecular weight excluding hydrogens is 827 g/mol. The number of aliphatic carboxylic acids is 2. The van der Waals surface area contributed by atoms with E-state index in [1.807, 2.05) is 48.5 Å². The average Bonchev–Trinajstić information content (AvgIpc) is 4.01. The van der Waals surface area contributed by atoms with E-state index in [2.05, 4.69) is 25.0 Å². The Morgan fingerprint density at radius 2 is 1.57 bits per heavy atom. The first kappa shape index (κ1) is 44.4. The van der Waals surface area contributed by atoms with Crippen molar-refractivity contribution in [3.8, 4) is 11.4 Å². The highest BCUT2D eigenvalue weighted by Crippen LogP contribution is 2.42. The molecule has 2 saturated heterocycles. The SMILES string of the molecule is CC[C@@H]([C@H](C)OC(=O)CC(O)(CC(=O)O)C(=O)O)n1ncn(-c2ccc(N3CCN(c4ccc(OC[C@@H]5CO[C@@](Cn6cncn6)(c6ccc(F)cc6F)C5)cc4)CC3)cc2)c1=O. The summed E-state index contributed by atoms with van der Waals surface area (Å²) in [7, 11) is 0. The van der Waals surface area contributed by atoms with Crippen molar-refractivity contribution in [3.63, 3.8) is 0 Å². The molecule has 5 aromatic rings. The summed E-state index contributed by atoms with van der Waals surface area (Å²) in [6.07, 6.45) is 1.77. The van der Waals surface area contributed by atoms with E-state index in [-0.39, 0.29) is 18.0 Å². The maximum absolute atomic E-state index is 15.0. The number of ether oxygens (including phenoxy) is 3. The van der Waals surface area contributed by atoms with E-state index in [9.17, 15) is 33.8 Å². The van der Waals surface area contributed by atoms with Crippen LogP contribution in [0.5, 0.6) is 5.75 Å². The number of piperazine rings is 1. The maximum atomic E-state index is 15.0. The summed E-state index contributed by atoms with van der Waals surface area (Å²) >= 11 is 0. The van der Waals surface area contributed by atoms with Crippen LogP contribution >= 0.6 is 0 Å². The third kappa shape index (κ3) is 10.0. The van der Waals surface area contributed by atoms with Gasteiger partial charge in [0.15, 0.2) is 5.60 Å². The van der Waals surface area contributed by atoms with Crippen molar-refractivity contribution >= 4 is 29.3 Å². The Balaban J connectivity index is 0.903. The summed E-state index contributed by atoms with van der Waals surface area (Å²) in [5, 5.41) is 36.9. The number of anilines is 2. The average molecular weight is 875 g/mol. The van der Waals surface area contributed by atoms with Gasteiger partial charge in [0.2, 0.25) is 0 Å². The minimum atomic E-state index is -2.85. The van der Waals surface area contributed by atoms with Gasteiger partial charge in [-0.3, -0.25) is 9.59 Å². The van der Waals surface area contributed by atoms with Crippen molar-refractivity contribution in [2.45, 2.75) is 69.4 Å². The van der Waals surface area contributed by atoms with E-state index in [1.54, 1.807) is 11.6 Å². The summed E-state index contributed by atoms with van der Waals surface area (Å²) in [5.74, 6) is -5.32. The Morgan fingerprint density at radius 3 is 2.16 bits per heavy atom. The Hall–Kier alpha value is -6.67. The zero-order valence-electron chi connectivity index (χ0n) is 34.6. The number of halogens is 2. The molecule has 0 saturated carbocycles. The lowest BCUT2D eigenvalue weighted by Crippen LogP contribution is -2.46. The number of carboxylic acid groups (broad SMARTS) is 2. The predicted molar refractivity (Wildman–Crippen MR) is 221 cm³/mol. The Bertz CT molecular complexity index is 2440. The van der Waals surface area contributed by atoms with Crippen LogP contribution in [0.25, 0.3) is 5.69 Å². The fraction of sp³-hybridized carbons (Fsp3) is 0.419. The Kier molecular flexibility index (Phi) is 13.2. The van der Waals surface area contributed by atoms with E-state index in [4.69, 9.17) is 19.3 Å². The molecule has 0 amide bonds. The van der Waals surface area contributed by atoms with Gasteiger partial charge >= 0.3 is 23.6 Å². The summed E-state index contributed by atoms with van der Waals surface area (Å²) in [6.45, 7) is 7.15. The number of benzene rings is 3. The van der Waals surface area contributed by atoms with Crippen LogP contribution in [0.1, 0.15) is 51.1 Å². The highest BCUT2D eigenvalue weighted by molar-refractivity contribution is 5.88. The number of carboxylic acids is 2. The summed E-state index contributed by atoms with van der Waals surface area (Å²) in [6, 6.07) is 18.1. The zero-order valence-corrected chi connectivity index (χ0v) is 34.6. The first-order valence-corrected chi connectivity index (χ1v) is 20.5. The van der Waals surface area contributed by atoms with Crippen molar-refractivity contribution in [1.82, 2.24) is 29.1 Å². The van der Waals surface area contributed by atoms with Crippen LogP contribution in [0, 0.1) is 17.6 Å². The number of aliphatic hydroxyl groups is 1. The second-order valence-corrected chi connectivity index (χ2v) is 15.9. The smallest absolute Gasteiger partial charge is 0.350 e. The predicted octanol–water partition coefficient (Wildman–Crippen LogP) is 3.80. The Labute approximate surface area is 359 Å². The van der Waals surface area contributed by atoms with Crippen molar-refractivity contribution in [2.75, 3.05) is 49.2 Å². The second-order valence-electron chi connectivity index (χ2n) is 15.9. The second kappa shape index (κ2) is 18.7. The standard InChI is InChI=1S/C43H48F2N8O10/c1-3-37(28(2)63-39(56)21-42(60,40(57)58)20-38(54)55)53-41(59)52(27-48-53)33-7-5-31(6-8-33)49-14-16-50(17-15-49)32-9-11-34(12-10-32)61-22-29-19-43(62-23-29,24-51-26-46-25-47-51)35-13-4-30(44)18-36(35)45/h4-13,18,25-29,37,60H,3,14-17,19-24H2,1-2H3,(H,54,55)(H,57,58)/t28-,29+,37-,42?,43-/m0/s1. The molecule has 0 radical (unpaired) electrons. The maximum Gasteiger partial charge on any atom is 0.350 e. The van der Waals surface area contributed by atoms with E-state index in [0.29, 0.717) is 37.5 Å². The molecule has 63 heavy (non-hydrogen) atoms. The largest absolute Gasteiger partial charge is 0.493 e. The van der Waals surface area contributed by atoms with Gasteiger partial charge in [-0.1, -0.05) is 13.0 Å².